The zero-order chi connectivity index (χ0) is 26.8. The average Bonchev–Trinajstić information content (AvgIpc) is 3.44. The van der Waals surface area contributed by atoms with E-state index >= 15 is 0 Å². The van der Waals surface area contributed by atoms with E-state index in [9.17, 15) is 5.26 Å². The second-order valence-electron chi connectivity index (χ2n) is 10.6. The minimum atomic E-state index is 0.318. The molecule has 0 spiro atoms. The molecule has 6 nitrogen and oxygen atoms in total. The van der Waals surface area contributed by atoms with Crippen LogP contribution in [0.15, 0.2) is 73.1 Å². The van der Waals surface area contributed by atoms with Gasteiger partial charge in [-0.3, -0.25) is 10.4 Å². The Hall–Kier alpha value is -4.34. The summed E-state index contributed by atoms with van der Waals surface area (Å²) in [5, 5.41) is 18.3. The number of likely N-dealkylation sites (tertiary alicyclic amines) is 1. The molecule has 3 heterocycles. The van der Waals surface area contributed by atoms with Gasteiger partial charge in [0.2, 0.25) is 0 Å². The SMILES string of the molecule is N#Cc1cccnc1-c1ccc(C(=N)c2cc(-c3ccc4c(c3)CCC(N3CCCC3)CC4)cnc2N)cc1. The summed E-state index contributed by atoms with van der Waals surface area (Å²) < 4.78 is 0. The molecule has 6 rings (SSSR count). The van der Waals surface area contributed by atoms with Gasteiger partial charge >= 0.3 is 0 Å². The zero-order valence-electron chi connectivity index (χ0n) is 22.0. The number of hydrogen-bond acceptors (Lipinski definition) is 6. The summed E-state index contributed by atoms with van der Waals surface area (Å²) in [6, 6.07) is 22.7. The Morgan fingerprint density at radius 1 is 0.897 bits per heavy atom. The lowest BCUT2D eigenvalue weighted by Crippen LogP contribution is -2.32. The molecule has 0 amide bonds. The number of anilines is 1. The summed E-state index contributed by atoms with van der Waals surface area (Å²) in [4.78, 5) is 11.5. The molecule has 2 aromatic heterocycles. The molecule has 3 N–H and O–H groups in total. The van der Waals surface area contributed by atoms with Crippen LogP contribution in [0.3, 0.4) is 0 Å². The van der Waals surface area contributed by atoms with Gasteiger partial charge in [0.15, 0.2) is 0 Å². The van der Waals surface area contributed by atoms with Gasteiger partial charge < -0.3 is 10.6 Å². The van der Waals surface area contributed by atoms with Crippen LogP contribution in [0.2, 0.25) is 0 Å². The number of nitrogen functional groups attached to an aromatic ring is 1. The van der Waals surface area contributed by atoms with Crippen molar-refractivity contribution in [1.82, 2.24) is 14.9 Å². The van der Waals surface area contributed by atoms with Gasteiger partial charge in [-0.2, -0.15) is 5.26 Å². The Kier molecular flexibility index (Phi) is 6.91. The van der Waals surface area contributed by atoms with Gasteiger partial charge in [-0.25, -0.2) is 4.98 Å². The molecule has 194 valence electrons. The zero-order valence-corrected chi connectivity index (χ0v) is 22.0. The normalized spacial score (nSPS) is 17.3. The van der Waals surface area contributed by atoms with Crippen LogP contribution in [0.25, 0.3) is 22.4 Å². The monoisotopic (exact) mass is 512 g/mol. The summed E-state index contributed by atoms with van der Waals surface area (Å²) in [5.74, 6) is 0.340. The molecule has 2 aromatic carbocycles. The van der Waals surface area contributed by atoms with E-state index in [1.807, 2.05) is 36.5 Å². The molecule has 1 atom stereocenters. The molecule has 6 heteroatoms. The van der Waals surface area contributed by atoms with Crippen LogP contribution in [0.5, 0.6) is 0 Å². The Labute approximate surface area is 229 Å². The quantitative estimate of drug-likeness (QED) is 0.251. The molecule has 4 aromatic rings. The molecule has 1 fully saturated rings. The first-order valence-corrected chi connectivity index (χ1v) is 13.8. The molecule has 0 bridgehead atoms. The van der Waals surface area contributed by atoms with Gasteiger partial charge in [-0.15, -0.1) is 0 Å². The minimum Gasteiger partial charge on any atom is -0.383 e. The number of nitrogens with two attached hydrogens (primary N) is 1. The van der Waals surface area contributed by atoms with Gasteiger partial charge in [0, 0.05) is 40.7 Å². The first kappa shape index (κ1) is 25.0. The Morgan fingerprint density at radius 3 is 2.41 bits per heavy atom. The van der Waals surface area contributed by atoms with Crippen molar-refractivity contribution in [2.45, 2.75) is 44.6 Å². The standard InChI is InChI=1S/C33H32N6/c34-20-27-4-3-15-37-32(27)24-8-6-23(7-9-24)31(35)30-19-28(21-38-33(30)36)26-10-5-22-11-13-29(14-12-25(22)18-26)39-16-1-2-17-39/h3-10,15,18-19,21,29,35H,1-2,11-14,16-17H2,(H2,36,38). The highest BCUT2D eigenvalue weighted by atomic mass is 15.2. The van der Waals surface area contributed by atoms with Crippen molar-refractivity contribution in [3.8, 4) is 28.5 Å². The van der Waals surface area contributed by atoms with E-state index in [-0.39, 0.29) is 0 Å². The highest BCUT2D eigenvalue weighted by molar-refractivity contribution is 6.14. The van der Waals surface area contributed by atoms with Crippen LogP contribution >= 0.6 is 0 Å². The topological polar surface area (TPSA) is 103 Å². The maximum absolute atomic E-state index is 9.41. The Bertz CT molecular complexity index is 1560. The van der Waals surface area contributed by atoms with Gasteiger partial charge in [0.1, 0.15) is 11.9 Å². The second kappa shape index (κ2) is 10.8. The van der Waals surface area contributed by atoms with E-state index in [2.05, 4.69) is 39.1 Å². The smallest absolute Gasteiger partial charge is 0.132 e. The average molecular weight is 513 g/mol. The van der Waals surface area contributed by atoms with Crippen LogP contribution in [0, 0.1) is 16.7 Å². The van der Waals surface area contributed by atoms with E-state index in [0.717, 1.165) is 35.1 Å². The molecule has 0 radical (unpaired) electrons. The first-order chi connectivity index (χ1) is 19.1. The summed E-state index contributed by atoms with van der Waals surface area (Å²) in [5.41, 5.74) is 14.9. The third kappa shape index (κ3) is 5.06. The Morgan fingerprint density at radius 2 is 1.64 bits per heavy atom. The van der Waals surface area contributed by atoms with Gasteiger partial charge in [0.05, 0.1) is 17.0 Å². The number of nitriles is 1. The Balaban J connectivity index is 1.24. The summed E-state index contributed by atoms with van der Waals surface area (Å²) in [7, 11) is 0. The van der Waals surface area contributed by atoms with Crippen molar-refractivity contribution in [3.63, 3.8) is 0 Å². The fourth-order valence-corrected chi connectivity index (χ4v) is 6.05. The predicted octanol–water partition coefficient (Wildman–Crippen LogP) is 6.02. The number of rotatable bonds is 5. The van der Waals surface area contributed by atoms with Crippen molar-refractivity contribution < 1.29 is 0 Å². The maximum Gasteiger partial charge on any atom is 0.132 e. The molecule has 1 saturated heterocycles. The lowest BCUT2D eigenvalue weighted by Gasteiger charge is -2.26. The van der Waals surface area contributed by atoms with Crippen LogP contribution in [-0.2, 0) is 12.8 Å². The lowest BCUT2D eigenvalue weighted by molar-refractivity contribution is 0.222. The van der Waals surface area contributed by atoms with Gasteiger partial charge in [0.25, 0.3) is 0 Å². The number of nitrogens with zero attached hydrogens (tertiary/aromatic N) is 4. The summed E-state index contributed by atoms with van der Waals surface area (Å²) >= 11 is 0. The number of aryl methyl sites for hydroxylation is 2. The van der Waals surface area contributed by atoms with Crippen LogP contribution in [0.4, 0.5) is 5.82 Å². The third-order valence-electron chi connectivity index (χ3n) is 8.25. The van der Waals surface area contributed by atoms with Crippen molar-refractivity contribution in [1.29, 1.82) is 10.7 Å². The van der Waals surface area contributed by atoms with Crippen molar-refractivity contribution in [2.75, 3.05) is 18.8 Å². The van der Waals surface area contributed by atoms with E-state index in [1.165, 1.54) is 49.9 Å². The number of fused-ring (bicyclic) bond motifs is 1. The van der Waals surface area contributed by atoms with Crippen LogP contribution in [0.1, 0.15) is 53.5 Å². The highest BCUT2D eigenvalue weighted by Gasteiger charge is 2.24. The molecular formula is C33H32N6. The van der Waals surface area contributed by atoms with E-state index in [4.69, 9.17) is 11.1 Å². The number of benzene rings is 2. The fourth-order valence-electron chi connectivity index (χ4n) is 6.05. The summed E-state index contributed by atoms with van der Waals surface area (Å²) in [6.45, 7) is 2.51. The predicted molar refractivity (Wildman–Crippen MR) is 156 cm³/mol. The number of nitrogens with one attached hydrogen (secondary N) is 1. The van der Waals surface area contributed by atoms with Crippen molar-refractivity contribution in [2.24, 2.45) is 0 Å². The lowest BCUT2D eigenvalue weighted by atomic mass is 9.95. The first-order valence-electron chi connectivity index (χ1n) is 13.8. The minimum absolute atomic E-state index is 0.318. The molecular weight excluding hydrogens is 480 g/mol. The van der Waals surface area contributed by atoms with Crippen LogP contribution in [-0.4, -0.2) is 39.7 Å². The molecule has 39 heavy (non-hydrogen) atoms. The third-order valence-corrected chi connectivity index (χ3v) is 8.25. The van der Waals surface area contributed by atoms with E-state index in [0.29, 0.717) is 34.4 Å². The van der Waals surface area contributed by atoms with Gasteiger partial charge in [-0.1, -0.05) is 42.5 Å². The molecule has 0 saturated carbocycles. The number of hydrogen-bond donors (Lipinski definition) is 2. The molecule has 2 aliphatic rings. The van der Waals surface area contributed by atoms with E-state index in [1.54, 1.807) is 18.3 Å². The molecule has 1 aliphatic carbocycles. The largest absolute Gasteiger partial charge is 0.383 e. The van der Waals surface area contributed by atoms with Crippen molar-refractivity contribution >= 4 is 11.5 Å². The van der Waals surface area contributed by atoms with Gasteiger partial charge in [-0.05, 0) is 86.5 Å². The van der Waals surface area contributed by atoms with E-state index < -0.39 is 0 Å². The summed E-state index contributed by atoms with van der Waals surface area (Å²) in [6.07, 6.45) is 10.9. The van der Waals surface area contributed by atoms with Crippen LogP contribution < -0.4 is 5.73 Å². The molecule has 1 unspecified atom stereocenters. The maximum atomic E-state index is 9.41. The number of aromatic nitrogens is 2. The highest BCUT2D eigenvalue weighted by Crippen LogP contribution is 2.31. The molecule has 1 aliphatic heterocycles. The second-order valence-corrected chi connectivity index (χ2v) is 10.6. The number of pyridine rings is 2. The fraction of sp³-hybridized carbons (Fsp3) is 0.273. The van der Waals surface area contributed by atoms with Crippen molar-refractivity contribution in [3.05, 3.63) is 101 Å².